The van der Waals surface area contributed by atoms with Crippen LogP contribution in [0.4, 0.5) is 5.82 Å². The third-order valence-corrected chi connectivity index (χ3v) is 2.31. The van der Waals surface area contributed by atoms with Crippen LogP contribution in [0.15, 0.2) is 36.8 Å². The summed E-state index contributed by atoms with van der Waals surface area (Å²) in [7, 11) is 0. The van der Waals surface area contributed by atoms with Crippen LogP contribution < -0.4 is 5.32 Å². The highest BCUT2D eigenvalue weighted by atomic mass is 15.3. The van der Waals surface area contributed by atoms with E-state index in [2.05, 4.69) is 22.3 Å². The van der Waals surface area contributed by atoms with Crippen molar-refractivity contribution < 1.29 is 0 Å². The summed E-state index contributed by atoms with van der Waals surface area (Å²) < 4.78 is 1.86. The molecule has 0 aliphatic carbocycles. The van der Waals surface area contributed by atoms with Gasteiger partial charge in [-0.2, -0.15) is 10.4 Å². The summed E-state index contributed by atoms with van der Waals surface area (Å²) in [5.41, 5.74) is 0.565. The molecule has 0 saturated heterocycles. The van der Waals surface area contributed by atoms with Crippen molar-refractivity contribution in [3.63, 3.8) is 0 Å². The van der Waals surface area contributed by atoms with Crippen LogP contribution >= 0.6 is 0 Å². The minimum atomic E-state index is 0.218. The molecule has 1 N–H and O–H groups in total. The third-order valence-electron chi connectivity index (χ3n) is 2.31. The van der Waals surface area contributed by atoms with Crippen molar-refractivity contribution in [3.05, 3.63) is 42.4 Å². The Morgan fingerprint density at radius 1 is 1.53 bits per heavy atom. The molecule has 5 nitrogen and oxygen atoms in total. The average Bonchev–Trinajstić information content (AvgIpc) is 2.82. The van der Waals surface area contributed by atoms with Gasteiger partial charge in [0.15, 0.2) is 0 Å². The molecule has 0 bridgehead atoms. The Morgan fingerprint density at radius 3 is 3.00 bits per heavy atom. The number of aromatic nitrogens is 3. The van der Waals surface area contributed by atoms with Gasteiger partial charge in [-0.05, 0) is 25.1 Å². The van der Waals surface area contributed by atoms with Gasteiger partial charge in [0.1, 0.15) is 11.9 Å². The third kappa shape index (κ3) is 3.05. The molecule has 0 fully saturated rings. The van der Waals surface area contributed by atoms with Crippen LogP contribution in [0.3, 0.4) is 0 Å². The average molecular weight is 227 g/mol. The van der Waals surface area contributed by atoms with E-state index in [-0.39, 0.29) is 6.04 Å². The van der Waals surface area contributed by atoms with E-state index in [4.69, 9.17) is 5.26 Å². The molecule has 86 valence electrons. The largest absolute Gasteiger partial charge is 0.366 e. The lowest BCUT2D eigenvalue weighted by Crippen LogP contribution is -2.22. The van der Waals surface area contributed by atoms with Crippen LogP contribution in [0, 0.1) is 11.3 Å². The van der Waals surface area contributed by atoms with Crippen molar-refractivity contribution in [2.45, 2.75) is 19.5 Å². The Labute approximate surface area is 99.7 Å². The maximum Gasteiger partial charge on any atom is 0.126 e. The van der Waals surface area contributed by atoms with Crippen LogP contribution in [0.2, 0.25) is 0 Å². The summed E-state index contributed by atoms with van der Waals surface area (Å²) in [5, 5.41) is 16.0. The minimum absolute atomic E-state index is 0.218. The zero-order valence-corrected chi connectivity index (χ0v) is 9.54. The van der Waals surface area contributed by atoms with E-state index in [1.54, 1.807) is 24.5 Å². The number of hydrogen-bond acceptors (Lipinski definition) is 4. The second-order valence-corrected chi connectivity index (χ2v) is 3.82. The van der Waals surface area contributed by atoms with Crippen LogP contribution in [-0.4, -0.2) is 20.8 Å². The van der Waals surface area contributed by atoms with Crippen molar-refractivity contribution in [1.29, 1.82) is 5.26 Å². The van der Waals surface area contributed by atoms with Gasteiger partial charge in [0.25, 0.3) is 0 Å². The van der Waals surface area contributed by atoms with Gasteiger partial charge in [-0.3, -0.25) is 4.68 Å². The lowest BCUT2D eigenvalue weighted by atomic mass is 10.3. The molecule has 0 spiro atoms. The lowest BCUT2D eigenvalue weighted by Gasteiger charge is -2.14. The van der Waals surface area contributed by atoms with Crippen molar-refractivity contribution in [2.75, 3.05) is 5.32 Å². The molecule has 0 saturated carbocycles. The summed E-state index contributed by atoms with van der Waals surface area (Å²) in [4.78, 5) is 4.16. The number of nitrogens with zero attached hydrogens (tertiary/aromatic N) is 4. The monoisotopic (exact) mass is 227 g/mol. The Morgan fingerprint density at radius 2 is 2.41 bits per heavy atom. The van der Waals surface area contributed by atoms with Gasteiger partial charge in [-0.25, -0.2) is 4.98 Å². The highest BCUT2D eigenvalue weighted by molar-refractivity contribution is 5.39. The summed E-state index contributed by atoms with van der Waals surface area (Å²) in [6.45, 7) is 2.83. The summed E-state index contributed by atoms with van der Waals surface area (Å²) in [5.74, 6) is 0.767. The Bertz CT molecular complexity index is 495. The van der Waals surface area contributed by atoms with Gasteiger partial charge in [0.2, 0.25) is 0 Å². The number of hydrogen-bond donors (Lipinski definition) is 1. The van der Waals surface area contributed by atoms with E-state index in [1.807, 2.05) is 23.0 Å². The van der Waals surface area contributed by atoms with E-state index in [9.17, 15) is 0 Å². The molecular formula is C12H13N5. The predicted octanol–water partition coefficient (Wildman–Crippen LogP) is 1.65. The molecule has 1 atom stereocenters. The van der Waals surface area contributed by atoms with Gasteiger partial charge < -0.3 is 5.32 Å². The van der Waals surface area contributed by atoms with Crippen molar-refractivity contribution >= 4 is 5.82 Å². The number of nitrogens with one attached hydrogen (secondary N) is 1. The molecule has 2 aromatic heterocycles. The van der Waals surface area contributed by atoms with E-state index < -0.39 is 0 Å². The first-order chi connectivity index (χ1) is 8.28. The topological polar surface area (TPSA) is 66.5 Å². The van der Waals surface area contributed by atoms with Crippen molar-refractivity contribution in [2.24, 2.45) is 0 Å². The molecule has 0 unspecified atom stereocenters. The second-order valence-electron chi connectivity index (χ2n) is 3.82. The number of rotatable bonds is 4. The van der Waals surface area contributed by atoms with Crippen LogP contribution in [0.1, 0.15) is 12.5 Å². The van der Waals surface area contributed by atoms with Crippen LogP contribution in [0.5, 0.6) is 0 Å². The fraction of sp³-hybridized carbons (Fsp3) is 0.250. The zero-order valence-electron chi connectivity index (χ0n) is 9.54. The molecule has 0 radical (unpaired) electrons. The first-order valence-corrected chi connectivity index (χ1v) is 5.38. The van der Waals surface area contributed by atoms with Gasteiger partial charge in [-0.1, -0.05) is 0 Å². The quantitative estimate of drug-likeness (QED) is 0.862. The molecule has 2 rings (SSSR count). The highest BCUT2D eigenvalue weighted by Crippen LogP contribution is 2.06. The number of pyridine rings is 1. The Kier molecular flexibility index (Phi) is 3.36. The zero-order chi connectivity index (χ0) is 12.1. The van der Waals surface area contributed by atoms with Gasteiger partial charge in [0, 0.05) is 24.6 Å². The second kappa shape index (κ2) is 5.12. The number of anilines is 1. The van der Waals surface area contributed by atoms with E-state index in [1.165, 1.54) is 0 Å². The summed E-state index contributed by atoms with van der Waals surface area (Å²) in [6, 6.07) is 7.70. The normalized spacial score (nSPS) is 11.8. The Hall–Kier alpha value is -2.35. The SMILES string of the molecule is C[C@H](Cn1cccn1)Nc1ccc(C#N)cn1. The van der Waals surface area contributed by atoms with E-state index >= 15 is 0 Å². The molecule has 17 heavy (non-hydrogen) atoms. The first-order valence-electron chi connectivity index (χ1n) is 5.38. The van der Waals surface area contributed by atoms with Crippen molar-refractivity contribution in [3.8, 4) is 6.07 Å². The maximum absolute atomic E-state index is 8.66. The van der Waals surface area contributed by atoms with Gasteiger partial charge in [0.05, 0.1) is 12.1 Å². The summed E-state index contributed by atoms with van der Waals surface area (Å²) in [6.07, 6.45) is 5.24. The van der Waals surface area contributed by atoms with Crippen LogP contribution in [-0.2, 0) is 6.54 Å². The molecule has 2 heterocycles. The first kappa shape index (κ1) is 11.1. The maximum atomic E-state index is 8.66. The van der Waals surface area contributed by atoms with Crippen LogP contribution in [0.25, 0.3) is 0 Å². The molecule has 0 aliphatic heterocycles. The highest BCUT2D eigenvalue weighted by Gasteiger charge is 2.03. The molecule has 0 aromatic carbocycles. The minimum Gasteiger partial charge on any atom is -0.366 e. The smallest absolute Gasteiger partial charge is 0.126 e. The van der Waals surface area contributed by atoms with Crippen molar-refractivity contribution in [1.82, 2.24) is 14.8 Å². The molecular weight excluding hydrogens is 214 g/mol. The molecule has 0 aliphatic rings. The fourth-order valence-electron chi connectivity index (χ4n) is 1.53. The fourth-order valence-corrected chi connectivity index (χ4v) is 1.53. The lowest BCUT2D eigenvalue weighted by molar-refractivity contribution is 0.560. The van der Waals surface area contributed by atoms with E-state index in [0.29, 0.717) is 5.56 Å². The van der Waals surface area contributed by atoms with E-state index in [0.717, 1.165) is 12.4 Å². The number of nitriles is 1. The standard InChI is InChI=1S/C12H13N5/c1-10(9-17-6-2-5-15-17)16-12-4-3-11(7-13)8-14-12/h2-6,8,10H,9H2,1H3,(H,14,16)/t10-/m1/s1. The molecule has 2 aromatic rings. The Balaban J connectivity index is 1.94. The molecule has 5 heteroatoms. The summed E-state index contributed by atoms with van der Waals surface area (Å²) >= 11 is 0. The van der Waals surface area contributed by atoms with Gasteiger partial charge >= 0.3 is 0 Å². The van der Waals surface area contributed by atoms with Gasteiger partial charge in [-0.15, -0.1) is 0 Å². The predicted molar refractivity (Wildman–Crippen MR) is 64.3 cm³/mol. The molecule has 0 amide bonds.